The number of halogens is 4. The largest absolute Gasteiger partial charge is 0.573 e. The summed E-state index contributed by atoms with van der Waals surface area (Å²) in [5.74, 6) is 1.51. The molecule has 166 valence electrons. The molecule has 2 aliphatic rings. The van der Waals surface area contributed by atoms with E-state index in [1.807, 2.05) is 6.07 Å². The number of rotatable bonds is 4. The first-order valence-corrected chi connectivity index (χ1v) is 11.1. The van der Waals surface area contributed by atoms with Crippen LogP contribution in [0.25, 0.3) is 11.1 Å². The zero-order valence-electron chi connectivity index (χ0n) is 17.7. The van der Waals surface area contributed by atoms with Crippen LogP contribution >= 0.6 is 0 Å². The van der Waals surface area contributed by atoms with Crippen LogP contribution < -0.4 is 4.74 Å². The maximum atomic E-state index is 15.3. The summed E-state index contributed by atoms with van der Waals surface area (Å²) >= 11 is 0. The van der Waals surface area contributed by atoms with Crippen molar-refractivity contribution < 1.29 is 22.3 Å². The Hall–Kier alpha value is -2.30. The fourth-order valence-electron chi connectivity index (χ4n) is 5.38. The molecule has 2 aromatic rings. The molecule has 0 N–H and O–H groups in total. The Kier molecular flexibility index (Phi) is 6.40. The number of ether oxygens (including phenoxy) is 1. The highest BCUT2D eigenvalue weighted by atomic mass is 19.4. The summed E-state index contributed by atoms with van der Waals surface area (Å²) in [6.07, 6.45) is 7.40. The molecule has 31 heavy (non-hydrogen) atoms. The maximum absolute atomic E-state index is 15.3. The summed E-state index contributed by atoms with van der Waals surface area (Å²) in [7, 11) is 0. The molecule has 0 aromatic heterocycles. The Morgan fingerprint density at radius 3 is 2.26 bits per heavy atom. The Balaban J connectivity index is 1.46. The quantitative estimate of drug-likeness (QED) is 0.353. The Morgan fingerprint density at radius 1 is 0.903 bits per heavy atom. The minimum atomic E-state index is -4.74. The van der Waals surface area contributed by atoms with Gasteiger partial charge in [-0.1, -0.05) is 36.4 Å². The molecule has 0 bridgehead atoms. The van der Waals surface area contributed by atoms with E-state index >= 15 is 4.39 Å². The lowest BCUT2D eigenvalue weighted by atomic mass is 9.69. The van der Waals surface area contributed by atoms with Crippen molar-refractivity contribution in [2.75, 3.05) is 0 Å². The molecule has 2 aliphatic carbocycles. The summed E-state index contributed by atoms with van der Waals surface area (Å²) in [6.45, 7) is 2.08. The van der Waals surface area contributed by atoms with Gasteiger partial charge < -0.3 is 4.74 Å². The summed E-state index contributed by atoms with van der Waals surface area (Å²) < 4.78 is 56.3. The van der Waals surface area contributed by atoms with Gasteiger partial charge in [-0.25, -0.2) is 4.39 Å². The van der Waals surface area contributed by atoms with Gasteiger partial charge in [0.2, 0.25) is 0 Å². The standard InChI is InChI=1S/C26H28F4O/c1-2-3-17-4-6-18(7-5-17)20-10-14-24-21(16-20)11-15-23(25(24)27)19-8-12-22(13-9-19)31-26(28,29)30/h2-3,8-9,11-13,15,17-18,20H,4-7,10,14,16H2,1H3/b3-2+. The van der Waals surface area contributed by atoms with Gasteiger partial charge in [-0.2, -0.15) is 0 Å². The summed E-state index contributed by atoms with van der Waals surface area (Å²) in [5, 5.41) is 0. The third-order valence-electron chi connectivity index (χ3n) is 6.93. The molecule has 0 radical (unpaired) electrons. The van der Waals surface area contributed by atoms with Crippen LogP contribution in [-0.2, 0) is 12.8 Å². The third-order valence-corrected chi connectivity index (χ3v) is 6.93. The number of benzene rings is 2. The Labute approximate surface area is 181 Å². The first-order chi connectivity index (χ1) is 14.8. The van der Waals surface area contributed by atoms with Gasteiger partial charge in [0, 0.05) is 5.56 Å². The van der Waals surface area contributed by atoms with Gasteiger partial charge in [0.25, 0.3) is 0 Å². The van der Waals surface area contributed by atoms with Crippen LogP contribution in [0.3, 0.4) is 0 Å². The van der Waals surface area contributed by atoms with Crippen molar-refractivity contribution in [2.24, 2.45) is 17.8 Å². The molecular formula is C26H28F4O. The molecule has 1 unspecified atom stereocenters. The number of fused-ring (bicyclic) bond motifs is 1. The smallest absolute Gasteiger partial charge is 0.406 e. The van der Waals surface area contributed by atoms with Crippen LogP contribution in [0.15, 0.2) is 48.6 Å². The fraction of sp³-hybridized carbons (Fsp3) is 0.462. The van der Waals surface area contributed by atoms with E-state index < -0.39 is 6.36 Å². The van der Waals surface area contributed by atoms with Crippen LogP contribution in [0.1, 0.15) is 50.2 Å². The van der Waals surface area contributed by atoms with Gasteiger partial charge in [-0.15, -0.1) is 13.2 Å². The molecule has 0 saturated heterocycles. The molecule has 1 nitrogen and oxygen atoms in total. The number of alkyl halides is 3. The van der Waals surface area contributed by atoms with Crippen molar-refractivity contribution in [1.82, 2.24) is 0 Å². The molecule has 0 spiro atoms. The van der Waals surface area contributed by atoms with Crippen LogP contribution in [0.5, 0.6) is 5.75 Å². The minimum Gasteiger partial charge on any atom is -0.406 e. The van der Waals surface area contributed by atoms with Gasteiger partial charge in [-0.05, 0) is 98.4 Å². The first kappa shape index (κ1) is 21.9. The lowest BCUT2D eigenvalue weighted by molar-refractivity contribution is -0.274. The van der Waals surface area contributed by atoms with E-state index in [1.165, 1.54) is 49.9 Å². The second-order valence-electron chi connectivity index (χ2n) is 8.84. The molecule has 0 heterocycles. The second kappa shape index (κ2) is 9.05. The minimum absolute atomic E-state index is 0.239. The average molecular weight is 433 g/mol. The predicted molar refractivity (Wildman–Crippen MR) is 114 cm³/mol. The molecule has 1 fully saturated rings. The predicted octanol–water partition coefficient (Wildman–Crippen LogP) is 7.88. The number of allylic oxidation sites excluding steroid dienone is 2. The first-order valence-electron chi connectivity index (χ1n) is 11.1. The molecule has 1 saturated carbocycles. The average Bonchev–Trinajstić information content (AvgIpc) is 2.74. The molecule has 1 atom stereocenters. The Morgan fingerprint density at radius 2 is 1.61 bits per heavy atom. The summed E-state index contributed by atoms with van der Waals surface area (Å²) in [6, 6.07) is 9.16. The van der Waals surface area contributed by atoms with Gasteiger partial charge in [0.05, 0.1) is 0 Å². The second-order valence-corrected chi connectivity index (χ2v) is 8.84. The number of hydrogen-bond donors (Lipinski definition) is 0. The maximum Gasteiger partial charge on any atom is 0.573 e. The van der Waals surface area contributed by atoms with E-state index in [2.05, 4.69) is 23.8 Å². The highest BCUT2D eigenvalue weighted by Crippen LogP contribution is 2.41. The van der Waals surface area contributed by atoms with Crippen molar-refractivity contribution in [1.29, 1.82) is 0 Å². The molecule has 0 amide bonds. The van der Waals surface area contributed by atoms with E-state index in [-0.39, 0.29) is 11.6 Å². The molecule has 2 aromatic carbocycles. The molecule has 4 rings (SSSR count). The van der Waals surface area contributed by atoms with Crippen molar-refractivity contribution in [3.05, 3.63) is 65.5 Å². The molecular weight excluding hydrogens is 404 g/mol. The summed E-state index contributed by atoms with van der Waals surface area (Å²) in [4.78, 5) is 0. The lowest BCUT2D eigenvalue weighted by Crippen LogP contribution is -2.26. The normalized spacial score (nSPS) is 24.2. The fourth-order valence-corrected chi connectivity index (χ4v) is 5.38. The van der Waals surface area contributed by atoms with Crippen LogP contribution in [0, 0.1) is 23.6 Å². The lowest BCUT2D eigenvalue weighted by Gasteiger charge is -2.36. The van der Waals surface area contributed by atoms with E-state index in [4.69, 9.17) is 0 Å². The van der Waals surface area contributed by atoms with Crippen LogP contribution in [-0.4, -0.2) is 6.36 Å². The van der Waals surface area contributed by atoms with Crippen LogP contribution in [0.2, 0.25) is 0 Å². The topological polar surface area (TPSA) is 9.23 Å². The van der Waals surface area contributed by atoms with E-state index in [0.717, 1.165) is 36.3 Å². The van der Waals surface area contributed by atoms with E-state index in [1.54, 1.807) is 6.07 Å². The van der Waals surface area contributed by atoms with Crippen molar-refractivity contribution in [2.45, 2.75) is 58.2 Å². The zero-order chi connectivity index (χ0) is 22.0. The van der Waals surface area contributed by atoms with Gasteiger partial charge in [0.15, 0.2) is 0 Å². The number of hydrogen-bond acceptors (Lipinski definition) is 1. The van der Waals surface area contributed by atoms with Crippen molar-refractivity contribution >= 4 is 0 Å². The van der Waals surface area contributed by atoms with Crippen molar-refractivity contribution in [3.8, 4) is 16.9 Å². The molecule has 5 heteroatoms. The highest BCUT2D eigenvalue weighted by molar-refractivity contribution is 5.67. The van der Waals surface area contributed by atoms with E-state index in [9.17, 15) is 13.2 Å². The highest BCUT2D eigenvalue weighted by Gasteiger charge is 2.32. The molecule has 0 aliphatic heterocycles. The van der Waals surface area contributed by atoms with Crippen molar-refractivity contribution in [3.63, 3.8) is 0 Å². The SMILES string of the molecule is C/C=C/C1CCC(C2CCc3c(ccc(-c4ccc(OC(F)(F)F)cc4)c3F)C2)CC1. The Bertz CT molecular complexity index is 922. The summed E-state index contributed by atoms with van der Waals surface area (Å²) in [5.41, 5.74) is 2.85. The van der Waals surface area contributed by atoms with Gasteiger partial charge in [-0.3, -0.25) is 0 Å². The monoisotopic (exact) mass is 432 g/mol. The van der Waals surface area contributed by atoms with Crippen LogP contribution in [0.4, 0.5) is 17.6 Å². The zero-order valence-corrected chi connectivity index (χ0v) is 17.7. The van der Waals surface area contributed by atoms with Gasteiger partial charge in [0.1, 0.15) is 11.6 Å². The third kappa shape index (κ3) is 5.13. The van der Waals surface area contributed by atoms with E-state index in [0.29, 0.717) is 23.0 Å². The van der Waals surface area contributed by atoms with Gasteiger partial charge >= 0.3 is 6.36 Å².